The lowest BCUT2D eigenvalue weighted by Crippen LogP contribution is -2.29. The van der Waals surface area contributed by atoms with E-state index in [0.29, 0.717) is 17.6 Å². The number of hydrogen-bond donors (Lipinski definition) is 2. The molecule has 0 spiro atoms. The molecule has 0 bridgehead atoms. The van der Waals surface area contributed by atoms with Crippen LogP contribution in [0.5, 0.6) is 0 Å². The summed E-state index contributed by atoms with van der Waals surface area (Å²) in [5, 5.41) is 3.67. The van der Waals surface area contributed by atoms with Gasteiger partial charge in [0.15, 0.2) is 5.13 Å². The number of carbonyl (C=O) groups excluding carboxylic acids is 1. The lowest BCUT2D eigenvalue weighted by atomic mass is 9.95. The van der Waals surface area contributed by atoms with Crippen molar-refractivity contribution in [1.82, 2.24) is 4.98 Å². The number of aromatic nitrogens is 1. The first-order valence-corrected chi connectivity index (χ1v) is 7.88. The zero-order chi connectivity index (χ0) is 14.1. The Labute approximate surface area is 122 Å². The van der Waals surface area contributed by atoms with Crippen molar-refractivity contribution >= 4 is 32.6 Å². The predicted octanol–water partition coefficient (Wildman–Crippen LogP) is 2.92. The fourth-order valence-corrected chi connectivity index (χ4v) is 3.95. The summed E-state index contributed by atoms with van der Waals surface area (Å²) in [6.45, 7) is 2.63. The minimum absolute atomic E-state index is 0.0492. The van der Waals surface area contributed by atoms with Gasteiger partial charge < -0.3 is 11.1 Å². The first-order chi connectivity index (χ1) is 9.69. The third-order valence-electron chi connectivity index (χ3n) is 4.15. The van der Waals surface area contributed by atoms with Crippen LogP contribution in [0.15, 0.2) is 18.2 Å². The van der Waals surface area contributed by atoms with Crippen LogP contribution < -0.4 is 11.1 Å². The van der Waals surface area contributed by atoms with E-state index in [1.54, 1.807) is 0 Å². The zero-order valence-corrected chi connectivity index (χ0v) is 12.4. The lowest BCUT2D eigenvalue weighted by molar-refractivity contribution is -0.120. The van der Waals surface area contributed by atoms with Crippen LogP contribution in [-0.4, -0.2) is 17.4 Å². The number of carbonyl (C=O) groups is 1. The number of nitrogens with zero attached hydrogens (tertiary/aromatic N) is 1. The Morgan fingerprint density at radius 3 is 3.10 bits per heavy atom. The quantitative estimate of drug-likeness (QED) is 0.913. The third kappa shape index (κ3) is 2.43. The molecule has 0 saturated heterocycles. The van der Waals surface area contributed by atoms with E-state index in [1.165, 1.54) is 11.3 Å². The molecule has 2 atom stereocenters. The molecule has 1 aliphatic carbocycles. The largest absolute Gasteiger partial charge is 0.330 e. The fraction of sp³-hybridized carbons (Fsp3) is 0.467. The summed E-state index contributed by atoms with van der Waals surface area (Å²) >= 11 is 1.53. The summed E-state index contributed by atoms with van der Waals surface area (Å²) in [4.78, 5) is 16.9. The van der Waals surface area contributed by atoms with Crippen molar-refractivity contribution in [3.63, 3.8) is 0 Å². The molecule has 1 saturated carbocycles. The van der Waals surface area contributed by atoms with Gasteiger partial charge in [-0.1, -0.05) is 29.9 Å². The topological polar surface area (TPSA) is 68.0 Å². The van der Waals surface area contributed by atoms with Crippen molar-refractivity contribution in [2.24, 2.45) is 17.6 Å². The van der Waals surface area contributed by atoms with Gasteiger partial charge in [0.25, 0.3) is 0 Å². The second-order valence-electron chi connectivity index (χ2n) is 5.46. The molecule has 0 unspecified atom stereocenters. The highest BCUT2D eigenvalue weighted by molar-refractivity contribution is 7.22. The van der Waals surface area contributed by atoms with E-state index in [4.69, 9.17) is 5.73 Å². The van der Waals surface area contributed by atoms with Gasteiger partial charge in [-0.05, 0) is 43.9 Å². The molecule has 0 radical (unpaired) electrons. The van der Waals surface area contributed by atoms with E-state index >= 15 is 0 Å². The van der Waals surface area contributed by atoms with Crippen molar-refractivity contribution in [1.29, 1.82) is 0 Å². The van der Waals surface area contributed by atoms with Gasteiger partial charge in [-0.2, -0.15) is 0 Å². The van der Waals surface area contributed by atoms with Crippen LogP contribution in [0.25, 0.3) is 10.2 Å². The first-order valence-electron chi connectivity index (χ1n) is 7.06. The molecule has 1 aliphatic rings. The van der Waals surface area contributed by atoms with Crippen LogP contribution in [0.4, 0.5) is 5.13 Å². The molecule has 4 nitrogen and oxygen atoms in total. The van der Waals surface area contributed by atoms with Crippen molar-refractivity contribution in [2.45, 2.75) is 26.2 Å². The number of aryl methyl sites for hydroxylation is 1. The number of amides is 1. The van der Waals surface area contributed by atoms with Gasteiger partial charge in [0, 0.05) is 5.92 Å². The Kier molecular flexibility index (Phi) is 3.72. The molecular weight excluding hydrogens is 270 g/mol. The van der Waals surface area contributed by atoms with Gasteiger partial charge >= 0.3 is 0 Å². The van der Waals surface area contributed by atoms with Crippen LogP contribution in [0.1, 0.15) is 24.8 Å². The summed E-state index contributed by atoms with van der Waals surface area (Å²) < 4.78 is 1.11. The lowest BCUT2D eigenvalue weighted by Gasteiger charge is -2.16. The molecule has 3 N–H and O–H groups in total. The molecule has 5 heteroatoms. The number of nitrogens with two attached hydrogens (primary N) is 1. The molecule has 20 heavy (non-hydrogen) atoms. The van der Waals surface area contributed by atoms with Gasteiger partial charge in [0.05, 0.1) is 10.2 Å². The van der Waals surface area contributed by atoms with Gasteiger partial charge in [-0.15, -0.1) is 0 Å². The van der Waals surface area contributed by atoms with Crippen molar-refractivity contribution in [2.75, 3.05) is 11.9 Å². The average molecular weight is 289 g/mol. The average Bonchev–Trinajstić information content (AvgIpc) is 3.04. The van der Waals surface area contributed by atoms with Gasteiger partial charge in [0.2, 0.25) is 5.91 Å². The minimum Gasteiger partial charge on any atom is -0.330 e. The van der Waals surface area contributed by atoms with Crippen LogP contribution in [0, 0.1) is 18.8 Å². The highest BCUT2D eigenvalue weighted by Gasteiger charge is 2.32. The van der Waals surface area contributed by atoms with Crippen molar-refractivity contribution < 1.29 is 4.79 Å². The molecule has 1 aromatic carbocycles. The maximum absolute atomic E-state index is 12.3. The number of thiazole rings is 1. The predicted molar refractivity (Wildman–Crippen MR) is 82.9 cm³/mol. The maximum Gasteiger partial charge on any atom is 0.229 e. The zero-order valence-electron chi connectivity index (χ0n) is 11.6. The van der Waals surface area contributed by atoms with Crippen molar-refractivity contribution in [3.8, 4) is 0 Å². The summed E-state index contributed by atoms with van der Waals surface area (Å²) in [5.74, 6) is 0.453. The van der Waals surface area contributed by atoms with Crippen LogP contribution in [0.3, 0.4) is 0 Å². The second-order valence-corrected chi connectivity index (χ2v) is 6.49. The summed E-state index contributed by atoms with van der Waals surface area (Å²) in [5.41, 5.74) is 7.86. The number of nitrogens with one attached hydrogen (secondary N) is 1. The van der Waals surface area contributed by atoms with E-state index in [-0.39, 0.29) is 11.8 Å². The Morgan fingerprint density at radius 2 is 2.35 bits per heavy atom. The van der Waals surface area contributed by atoms with Crippen molar-refractivity contribution in [3.05, 3.63) is 23.8 Å². The Bertz CT molecular complexity index is 637. The number of rotatable bonds is 3. The number of hydrogen-bond acceptors (Lipinski definition) is 4. The van der Waals surface area contributed by atoms with E-state index in [1.807, 2.05) is 25.1 Å². The van der Waals surface area contributed by atoms with E-state index in [9.17, 15) is 4.79 Å². The molecule has 2 aromatic rings. The highest BCUT2D eigenvalue weighted by Crippen LogP contribution is 2.33. The normalized spacial score (nSPS) is 22.3. The summed E-state index contributed by atoms with van der Waals surface area (Å²) in [7, 11) is 0. The summed E-state index contributed by atoms with van der Waals surface area (Å²) in [6, 6.07) is 6.09. The van der Waals surface area contributed by atoms with Crippen LogP contribution >= 0.6 is 11.3 Å². The molecule has 106 valence electrons. The monoisotopic (exact) mass is 289 g/mol. The molecule has 1 heterocycles. The molecule has 1 aromatic heterocycles. The SMILES string of the molecule is Cc1cccc2sc(NC(=O)[C@@H]3CCC[C@@H]3CN)nc12. The van der Waals surface area contributed by atoms with E-state index in [0.717, 1.165) is 35.0 Å². The smallest absolute Gasteiger partial charge is 0.229 e. The number of fused-ring (bicyclic) bond motifs is 1. The fourth-order valence-electron chi connectivity index (χ4n) is 3.00. The number of anilines is 1. The Hall–Kier alpha value is -1.46. The molecule has 1 fully saturated rings. The second kappa shape index (κ2) is 5.50. The first kappa shape index (κ1) is 13.5. The van der Waals surface area contributed by atoms with Gasteiger partial charge in [-0.25, -0.2) is 4.98 Å². The highest BCUT2D eigenvalue weighted by atomic mass is 32.1. The maximum atomic E-state index is 12.3. The molecule has 1 amide bonds. The third-order valence-corrected chi connectivity index (χ3v) is 5.09. The van der Waals surface area contributed by atoms with Gasteiger partial charge in [0.1, 0.15) is 0 Å². The van der Waals surface area contributed by atoms with Gasteiger partial charge in [-0.3, -0.25) is 4.79 Å². The molecular formula is C15H19N3OS. The Balaban J connectivity index is 1.79. The number of para-hydroxylation sites is 1. The van der Waals surface area contributed by atoms with E-state index < -0.39 is 0 Å². The standard InChI is InChI=1S/C15H19N3OS/c1-9-4-2-7-12-13(9)17-15(20-12)18-14(19)11-6-3-5-10(11)8-16/h2,4,7,10-11H,3,5-6,8,16H2,1H3,(H,17,18,19)/t10-,11-/m1/s1. The minimum atomic E-state index is 0.0492. The molecule has 0 aliphatic heterocycles. The number of benzene rings is 1. The van der Waals surface area contributed by atoms with E-state index in [2.05, 4.69) is 10.3 Å². The summed E-state index contributed by atoms with van der Waals surface area (Å²) in [6.07, 6.45) is 3.10. The molecule has 3 rings (SSSR count). The van der Waals surface area contributed by atoms with Crippen LogP contribution in [0.2, 0.25) is 0 Å². The Morgan fingerprint density at radius 1 is 1.50 bits per heavy atom. The van der Waals surface area contributed by atoms with Crippen LogP contribution in [-0.2, 0) is 4.79 Å².